The molecule has 0 heterocycles. The summed E-state index contributed by atoms with van der Waals surface area (Å²) in [6, 6.07) is 5.96. The minimum atomic E-state index is -0.338. The minimum Gasteiger partial charge on any atom is -0.378 e. The number of nitrogens with one attached hydrogen (secondary N) is 1. The summed E-state index contributed by atoms with van der Waals surface area (Å²) in [7, 11) is 2.10. The molecule has 5 nitrogen and oxygen atoms in total. The van der Waals surface area contributed by atoms with Crippen molar-refractivity contribution < 1.29 is 4.92 Å². The molecule has 0 spiro atoms. The molecule has 0 radical (unpaired) electrons. The van der Waals surface area contributed by atoms with E-state index in [9.17, 15) is 10.1 Å². The number of nitro benzene ring substituents is 1. The van der Waals surface area contributed by atoms with Crippen LogP contribution in [0.15, 0.2) is 18.2 Å². The van der Waals surface area contributed by atoms with E-state index in [1.54, 1.807) is 12.1 Å². The SMILES string of the molecule is CN(CCNc1ccc(I)cc1[N+](=O)[O-])C1CC1. The van der Waals surface area contributed by atoms with Crippen molar-refractivity contribution in [2.24, 2.45) is 0 Å². The Labute approximate surface area is 120 Å². The zero-order chi connectivity index (χ0) is 13.1. The van der Waals surface area contributed by atoms with E-state index in [1.165, 1.54) is 12.8 Å². The monoisotopic (exact) mass is 361 g/mol. The topological polar surface area (TPSA) is 58.4 Å². The Balaban J connectivity index is 1.93. The fraction of sp³-hybridized carbons (Fsp3) is 0.500. The minimum absolute atomic E-state index is 0.149. The van der Waals surface area contributed by atoms with E-state index < -0.39 is 0 Å². The third kappa shape index (κ3) is 3.55. The number of benzene rings is 1. The van der Waals surface area contributed by atoms with Gasteiger partial charge >= 0.3 is 0 Å². The van der Waals surface area contributed by atoms with E-state index in [1.807, 2.05) is 6.07 Å². The zero-order valence-corrected chi connectivity index (χ0v) is 12.4. The van der Waals surface area contributed by atoms with E-state index in [0.29, 0.717) is 5.69 Å². The lowest BCUT2D eigenvalue weighted by atomic mass is 10.2. The molecule has 1 aromatic rings. The van der Waals surface area contributed by atoms with Gasteiger partial charge in [0, 0.05) is 28.8 Å². The van der Waals surface area contributed by atoms with Gasteiger partial charge < -0.3 is 10.2 Å². The van der Waals surface area contributed by atoms with Gasteiger partial charge in [0.2, 0.25) is 0 Å². The van der Waals surface area contributed by atoms with Gasteiger partial charge in [-0.15, -0.1) is 0 Å². The largest absolute Gasteiger partial charge is 0.378 e. The summed E-state index contributed by atoms with van der Waals surface area (Å²) in [4.78, 5) is 12.9. The number of nitro groups is 1. The van der Waals surface area contributed by atoms with Gasteiger partial charge in [0.1, 0.15) is 5.69 Å². The van der Waals surface area contributed by atoms with Gasteiger partial charge in [-0.2, -0.15) is 0 Å². The van der Waals surface area contributed by atoms with Crippen LogP contribution in [-0.2, 0) is 0 Å². The fourth-order valence-corrected chi connectivity index (χ4v) is 2.34. The molecular weight excluding hydrogens is 345 g/mol. The Bertz CT molecular complexity index is 449. The highest BCUT2D eigenvalue weighted by Gasteiger charge is 2.25. The summed E-state index contributed by atoms with van der Waals surface area (Å²) in [6.45, 7) is 1.64. The van der Waals surface area contributed by atoms with Crippen LogP contribution in [0.5, 0.6) is 0 Å². The highest BCUT2D eigenvalue weighted by Crippen LogP contribution is 2.27. The molecule has 1 aromatic carbocycles. The summed E-state index contributed by atoms with van der Waals surface area (Å²) in [5.74, 6) is 0. The van der Waals surface area contributed by atoms with Gasteiger partial charge in [0.25, 0.3) is 5.69 Å². The molecular formula is C12H16IN3O2. The molecule has 0 atom stereocenters. The lowest BCUT2D eigenvalue weighted by Gasteiger charge is -2.16. The molecule has 18 heavy (non-hydrogen) atoms. The maximum Gasteiger partial charge on any atom is 0.293 e. The van der Waals surface area contributed by atoms with Crippen LogP contribution in [0.1, 0.15) is 12.8 Å². The third-order valence-electron chi connectivity index (χ3n) is 3.11. The van der Waals surface area contributed by atoms with Crippen molar-refractivity contribution in [3.05, 3.63) is 31.9 Å². The summed E-state index contributed by atoms with van der Waals surface area (Å²) in [5.41, 5.74) is 0.751. The average molecular weight is 361 g/mol. The van der Waals surface area contributed by atoms with Crippen LogP contribution in [0.3, 0.4) is 0 Å². The van der Waals surface area contributed by atoms with E-state index in [2.05, 4.69) is 39.9 Å². The number of rotatable bonds is 6. The second-order valence-electron chi connectivity index (χ2n) is 4.56. The molecule has 0 saturated heterocycles. The Hall–Kier alpha value is -0.890. The van der Waals surface area contributed by atoms with Gasteiger partial charge in [-0.05, 0) is 54.6 Å². The molecule has 1 N–H and O–H groups in total. The summed E-state index contributed by atoms with van der Waals surface area (Å²) >= 11 is 2.08. The smallest absolute Gasteiger partial charge is 0.293 e. The van der Waals surface area contributed by atoms with Crippen molar-refractivity contribution in [2.75, 3.05) is 25.5 Å². The molecule has 98 valence electrons. The maximum absolute atomic E-state index is 10.9. The molecule has 1 fully saturated rings. The Kier molecular flexibility index (Phi) is 4.39. The fourth-order valence-electron chi connectivity index (χ4n) is 1.87. The van der Waals surface area contributed by atoms with Gasteiger partial charge in [0.15, 0.2) is 0 Å². The van der Waals surface area contributed by atoms with Gasteiger partial charge in [0.05, 0.1) is 4.92 Å². The average Bonchev–Trinajstić information content (AvgIpc) is 3.14. The van der Waals surface area contributed by atoms with Crippen molar-refractivity contribution in [2.45, 2.75) is 18.9 Å². The second kappa shape index (κ2) is 5.83. The number of hydrogen-bond acceptors (Lipinski definition) is 4. The number of nitrogens with zero attached hydrogens (tertiary/aromatic N) is 2. The van der Waals surface area contributed by atoms with E-state index >= 15 is 0 Å². The Morgan fingerprint density at radius 1 is 1.56 bits per heavy atom. The molecule has 0 aromatic heterocycles. The van der Waals surface area contributed by atoms with Gasteiger partial charge in [-0.25, -0.2) is 0 Å². The lowest BCUT2D eigenvalue weighted by molar-refractivity contribution is -0.384. The van der Waals surface area contributed by atoms with Crippen molar-refractivity contribution in [3.63, 3.8) is 0 Å². The van der Waals surface area contributed by atoms with Crippen LogP contribution in [-0.4, -0.2) is 36.0 Å². The molecule has 0 bridgehead atoms. The van der Waals surface area contributed by atoms with Crippen LogP contribution in [0.2, 0.25) is 0 Å². The van der Waals surface area contributed by atoms with Gasteiger partial charge in [-0.1, -0.05) is 0 Å². The maximum atomic E-state index is 10.9. The van der Waals surface area contributed by atoms with Crippen molar-refractivity contribution >= 4 is 34.0 Å². The first-order chi connectivity index (χ1) is 8.58. The number of halogens is 1. The second-order valence-corrected chi connectivity index (χ2v) is 5.80. The van der Waals surface area contributed by atoms with E-state index in [-0.39, 0.29) is 10.6 Å². The van der Waals surface area contributed by atoms with E-state index in [4.69, 9.17) is 0 Å². The molecule has 6 heteroatoms. The molecule has 0 unspecified atom stereocenters. The van der Waals surface area contributed by atoms with Crippen LogP contribution in [0.4, 0.5) is 11.4 Å². The molecule has 1 aliphatic rings. The highest BCUT2D eigenvalue weighted by atomic mass is 127. The Morgan fingerprint density at radius 3 is 2.89 bits per heavy atom. The number of likely N-dealkylation sites (N-methyl/N-ethyl adjacent to an activating group) is 1. The molecule has 0 amide bonds. The van der Waals surface area contributed by atoms with Crippen LogP contribution in [0, 0.1) is 13.7 Å². The molecule has 1 aliphatic carbocycles. The molecule has 2 rings (SSSR count). The lowest BCUT2D eigenvalue weighted by Crippen LogP contribution is -2.27. The Morgan fingerprint density at radius 2 is 2.28 bits per heavy atom. The van der Waals surface area contributed by atoms with Gasteiger partial charge in [-0.3, -0.25) is 10.1 Å². The first-order valence-corrected chi connectivity index (χ1v) is 7.04. The van der Waals surface area contributed by atoms with Crippen LogP contribution in [0.25, 0.3) is 0 Å². The number of hydrogen-bond donors (Lipinski definition) is 1. The van der Waals surface area contributed by atoms with Crippen molar-refractivity contribution in [3.8, 4) is 0 Å². The zero-order valence-electron chi connectivity index (χ0n) is 10.2. The quantitative estimate of drug-likeness (QED) is 0.481. The summed E-state index contributed by atoms with van der Waals surface area (Å²) in [5, 5.41) is 14.1. The predicted octanol–water partition coefficient (Wildman–Crippen LogP) is 2.71. The third-order valence-corrected chi connectivity index (χ3v) is 3.78. The molecule has 1 saturated carbocycles. The normalized spacial score (nSPS) is 14.8. The first kappa shape index (κ1) is 13.5. The first-order valence-electron chi connectivity index (χ1n) is 5.96. The van der Waals surface area contributed by atoms with E-state index in [0.717, 1.165) is 22.7 Å². The highest BCUT2D eigenvalue weighted by molar-refractivity contribution is 14.1. The predicted molar refractivity (Wildman–Crippen MR) is 80.0 cm³/mol. The van der Waals surface area contributed by atoms with Crippen molar-refractivity contribution in [1.29, 1.82) is 0 Å². The summed E-state index contributed by atoms with van der Waals surface area (Å²) in [6.07, 6.45) is 2.56. The van der Waals surface area contributed by atoms with Crippen molar-refractivity contribution in [1.82, 2.24) is 4.90 Å². The van der Waals surface area contributed by atoms with Crippen LogP contribution >= 0.6 is 22.6 Å². The summed E-state index contributed by atoms with van der Waals surface area (Å²) < 4.78 is 0.875. The standard InChI is InChI=1S/C12H16IN3O2/c1-15(10-3-4-10)7-6-14-11-5-2-9(13)8-12(11)16(17)18/h2,5,8,10,14H,3-4,6-7H2,1H3. The number of anilines is 1. The van der Waals surface area contributed by atoms with Crippen LogP contribution < -0.4 is 5.32 Å². The molecule has 0 aliphatic heterocycles.